The molecule has 1 atom stereocenters. The molecule has 2 aliphatic rings. The Hall–Kier alpha value is -2.42. The average Bonchev–Trinajstić information content (AvgIpc) is 3.28. The Kier molecular flexibility index (Phi) is 6.60. The summed E-state index contributed by atoms with van der Waals surface area (Å²) in [5.74, 6) is -0.0624. The molecular weight excluding hydrogens is 414 g/mol. The summed E-state index contributed by atoms with van der Waals surface area (Å²) in [7, 11) is -3.72. The number of sulfonamides is 1. The molecule has 7 nitrogen and oxygen atoms in total. The second kappa shape index (κ2) is 9.38. The summed E-state index contributed by atoms with van der Waals surface area (Å²) in [4.78, 5) is 17.2. The van der Waals surface area contributed by atoms with E-state index in [-0.39, 0.29) is 10.8 Å². The molecule has 4 rings (SSSR count). The number of anilines is 1. The summed E-state index contributed by atoms with van der Waals surface area (Å²) in [5, 5.41) is 0. The van der Waals surface area contributed by atoms with Gasteiger partial charge in [-0.2, -0.15) is 0 Å². The van der Waals surface area contributed by atoms with Gasteiger partial charge >= 0.3 is 0 Å². The van der Waals surface area contributed by atoms with Crippen molar-refractivity contribution < 1.29 is 17.9 Å². The van der Waals surface area contributed by atoms with Crippen LogP contribution in [0.2, 0.25) is 0 Å². The fourth-order valence-electron chi connectivity index (χ4n) is 4.06. The number of rotatable bonds is 6. The SMILES string of the molecule is Cc1ccccc1NS(=O)(=O)c1ccc(C(=O)N2CCN(CC3CCCO3)CC2)cc1. The predicted octanol–water partition coefficient (Wildman–Crippen LogP) is 2.73. The van der Waals surface area contributed by atoms with Crippen LogP contribution in [-0.2, 0) is 14.8 Å². The normalized spacial score (nSPS) is 20.0. The number of nitrogens with one attached hydrogen (secondary N) is 1. The number of nitrogens with zero attached hydrogens (tertiary/aromatic N) is 2. The van der Waals surface area contributed by atoms with Crippen molar-refractivity contribution in [2.75, 3.05) is 44.1 Å². The largest absolute Gasteiger partial charge is 0.377 e. The van der Waals surface area contributed by atoms with Crippen molar-refractivity contribution in [3.05, 3.63) is 59.7 Å². The van der Waals surface area contributed by atoms with Crippen molar-refractivity contribution in [2.45, 2.75) is 30.8 Å². The van der Waals surface area contributed by atoms with Crippen LogP contribution < -0.4 is 4.72 Å². The van der Waals surface area contributed by atoms with Gasteiger partial charge < -0.3 is 9.64 Å². The Morgan fingerprint density at radius 1 is 1.06 bits per heavy atom. The van der Waals surface area contributed by atoms with Crippen LogP contribution in [0.4, 0.5) is 5.69 Å². The fraction of sp³-hybridized carbons (Fsp3) is 0.435. The second-order valence-electron chi connectivity index (χ2n) is 8.17. The molecule has 0 radical (unpaired) electrons. The molecule has 2 saturated heterocycles. The van der Waals surface area contributed by atoms with Gasteiger partial charge in [-0.1, -0.05) is 18.2 Å². The molecule has 1 amide bonds. The van der Waals surface area contributed by atoms with Gasteiger partial charge in [-0.15, -0.1) is 0 Å². The topological polar surface area (TPSA) is 79.0 Å². The van der Waals surface area contributed by atoms with E-state index in [1.54, 1.807) is 24.3 Å². The van der Waals surface area contributed by atoms with Gasteiger partial charge in [0.1, 0.15) is 0 Å². The summed E-state index contributed by atoms with van der Waals surface area (Å²) in [6.07, 6.45) is 2.58. The lowest BCUT2D eigenvalue weighted by atomic mass is 10.1. The molecule has 2 fully saturated rings. The first-order valence-electron chi connectivity index (χ1n) is 10.7. The minimum atomic E-state index is -3.72. The molecule has 8 heteroatoms. The van der Waals surface area contributed by atoms with E-state index in [9.17, 15) is 13.2 Å². The molecule has 31 heavy (non-hydrogen) atoms. The molecule has 0 spiro atoms. The van der Waals surface area contributed by atoms with E-state index in [0.29, 0.717) is 30.4 Å². The quantitative estimate of drug-likeness (QED) is 0.743. The van der Waals surface area contributed by atoms with Crippen LogP contribution in [0, 0.1) is 6.92 Å². The van der Waals surface area contributed by atoms with Gasteiger partial charge in [0, 0.05) is 44.9 Å². The van der Waals surface area contributed by atoms with Crippen molar-refractivity contribution in [1.29, 1.82) is 0 Å². The molecule has 2 aliphatic heterocycles. The molecule has 0 aromatic heterocycles. The number of benzene rings is 2. The van der Waals surface area contributed by atoms with E-state index in [4.69, 9.17) is 4.74 Å². The molecule has 0 saturated carbocycles. The van der Waals surface area contributed by atoms with Crippen LogP contribution in [0.5, 0.6) is 0 Å². The van der Waals surface area contributed by atoms with E-state index >= 15 is 0 Å². The minimum absolute atomic E-state index is 0.0624. The van der Waals surface area contributed by atoms with Crippen LogP contribution in [0.1, 0.15) is 28.8 Å². The highest BCUT2D eigenvalue weighted by atomic mass is 32.2. The van der Waals surface area contributed by atoms with Crippen LogP contribution in [0.15, 0.2) is 53.4 Å². The standard InChI is InChI=1S/C23H29N3O4S/c1-18-5-2-3-7-22(18)24-31(28,29)21-10-8-19(9-11-21)23(27)26-14-12-25(13-15-26)17-20-6-4-16-30-20/h2-3,5,7-11,20,24H,4,6,12-17H2,1H3. The van der Waals surface area contributed by atoms with Gasteiger partial charge in [-0.25, -0.2) is 8.42 Å². The summed E-state index contributed by atoms with van der Waals surface area (Å²) in [5.41, 5.74) is 1.89. The molecule has 166 valence electrons. The molecule has 2 aromatic rings. The zero-order valence-electron chi connectivity index (χ0n) is 17.8. The van der Waals surface area contributed by atoms with Crippen LogP contribution in [0.25, 0.3) is 0 Å². The number of hydrogen-bond acceptors (Lipinski definition) is 5. The van der Waals surface area contributed by atoms with Crippen LogP contribution >= 0.6 is 0 Å². The number of carbonyl (C=O) groups excluding carboxylic acids is 1. The van der Waals surface area contributed by atoms with Gasteiger partial charge in [0.15, 0.2) is 0 Å². The zero-order chi connectivity index (χ0) is 21.8. The maximum Gasteiger partial charge on any atom is 0.261 e. The highest BCUT2D eigenvalue weighted by Crippen LogP contribution is 2.20. The third-order valence-corrected chi connectivity index (χ3v) is 7.33. The van der Waals surface area contributed by atoms with E-state index in [2.05, 4.69) is 9.62 Å². The van der Waals surface area contributed by atoms with E-state index in [1.165, 1.54) is 12.1 Å². The van der Waals surface area contributed by atoms with Gasteiger partial charge in [0.25, 0.3) is 15.9 Å². The lowest BCUT2D eigenvalue weighted by molar-refractivity contribution is 0.0432. The number of piperazine rings is 1. The lowest BCUT2D eigenvalue weighted by Gasteiger charge is -2.35. The number of amides is 1. The Labute approximate surface area is 184 Å². The Morgan fingerprint density at radius 2 is 1.77 bits per heavy atom. The smallest absolute Gasteiger partial charge is 0.261 e. The monoisotopic (exact) mass is 443 g/mol. The third-order valence-electron chi connectivity index (χ3n) is 5.95. The van der Waals surface area contributed by atoms with E-state index in [0.717, 1.165) is 44.6 Å². The number of carbonyl (C=O) groups is 1. The summed E-state index contributed by atoms with van der Waals surface area (Å²) >= 11 is 0. The zero-order valence-corrected chi connectivity index (χ0v) is 18.6. The molecular formula is C23H29N3O4S. The summed E-state index contributed by atoms with van der Waals surface area (Å²) in [6, 6.07) is 13.4. The van der Waals surface area contributed by atoms with Crippen molar-refractivity contribution in [2.24, 2.45) is 0 Å². The van der Waals surface area contributed by atoms with Crippen LogP contribution in [-0.4, -0.2) is 69.6 Å². The van der Waals surface area contributed by atoms with Gasteiger partial charge in [-0.3, -0.25) is 14.4 Å². The number of ether oxygens (including phenoxy) is 1. The van der Waals surface area contributed by atoms with Crippen molar-refractivity contribution >= 4 is 21.6 Å². The number of aryl methyl sites for hydroxylation is 1. The van der Waals surface area contributed by atoms with Crippen molar-refractivity contribution in [1.82, 2.24) is 9.80 Å². The number of para-hydroxylation sites is 1. The van der Waals surface area contributed by atoms with Gasteiger partial charge in [0.2, 0.25) is 0 Å². The molecule has 0 aliphatic carbocycles. The fourth-order valence-corrected chi connectivity index (χ4v) is 5.19. The molecule has 2 heterocycles. The third kappa shape index (κ3) is 5.26. The molecule has 2 aromatic carbocycles. The molecule has 1 N–H and O–H groups in total. The van der Waals surface area contributed by atoms with E-state index < -0.39 is 10.0 Å². The highest BCUT2D eigenvalue weighted by molar-refractivity contribution is 7.92. The van der Waals surface area contributed by atoms with Crippen molar-refractivity contribution in [3.63, 3.8) is 0 Å². The Morgan fingerprint density at radius 3 is 2.42 bits per heavy atom. The Bertz CT molecular complexity index is 1010. The maximum absolute atomic E-state index is 12.9. The molecule has 0 bridgehead atoms. The second-order valence-corrected chi connectivity index (χ2v) is 9.86. The first-order valence-corrected chi connectivity index (χ1v) is 12.2. The first-order chi connectivity index (χ1) is 14.9. The molecule has 1 unspecified atom stereocenters. The maximum atomic E-state index is 12.9. The predicted molar refractivity (Wildman–Crippen MR) is 120 cm³/mol. The minimum Gasteiger partial charge on any atom is -0.377 e. The number of hydrogen-bond donors (Lipinski definition) is 1. The average molecular weight is 444 g/mol. The lowest BCUT2D eigenvalue weighted by Crippen LogP contribution is -2.50. The van der Waals surface area contributed by atoms with Gasteiger partial charge in [0.05, 0.1) is 16.7 Å². The van der Waals surface area contributed by atoms with Gasteiger partial charge in [-0.05, 0) is 55.7 Å². The highest BCUT2D eigenvalue weighted by Gasteiger charge is 2.26. The van der Waals surface area contributed by atoms with E-state index in [1.807, 2.05) is 24.0 Å². The summed E-state index contributed by atoms with van der Waals surface area (Å²) in [6.45, 7) is 6.63. The Balaban J connectivity index is 1.35. The van der Waals surface area contributed by atoms with Crippen LogP contribution in [0.3, 0.4) is 0 Å². The summed E-state index contributed by atoms with van der Waals surface area (Å²) < 4.78 is 33.7. The first kappa shape index (κ1) is 21.8. The van der Waals surface area contributed by atoms with Crippen molar-refractivity contribution in [3.8, 4) is 0 Å².